The number of nitrogens with zero attached hydrogens (tertiary/aromatic N) is 1. The van der Waals surface area contributed by atoms with Crippen molar-refractivity contribution in [3.8, 4) is 17.2 Å². The summed E-state index contributed by atoms with van der Waals surface area (Å²) < 4.78 is 47.8. The molecule has 0 aliphatic heterocycles. The van der Waals surface area contributed by atoms with Crippen molar-refractivity contribution in [1.82, 2.24) is 10.3 Å². The Hall–Kier alpha value is -4.14. The van der Waals surface area contributed by atoms with Crippen LogP contribution in [0.4, 0.5) is 13.2 Å². The molecule has 0 radical (unpaired) electrons. The summed E-state index contributed by atoms with van der Waals surface area (Å²) in [6, 6.07) is 16.7. The van der Waals surface area contributed by atoms with Crippen LogP contribution in [0, 0.1) is 6.92 Å². The smallest absolute Gasteiger partial charge is 0.422 e. The third-order valence-corrected chi connectivity index (χ3v) is 5.06. The van der Waals surface area contributed by atoms with Crippen LogP contribution >= 0.6 is 0 Å². The van der Waals surface area contributed by atoms with Crippen LogP contribution in [0.2, 0.25) is 0 Å². The first kappa shape index (κ1) is 23.0. The van der Waals surface area contributed by atoms with Gasteiger partial charge < -0.3 is 14.5 Å². The maximum absolute atomic E-state index is 13.0. The Balaban J connectivity index is 1.60. The van der Waals surface area contributed by atoms with Crippen LogP contribution in [-0.2, 0) is 6.54 Å². The molecule has 1 amide bonds. The van der Waals surface area contributed by atoms with E-state index < -0.39 is 18.7 Å². The molecule has 0 unspecified atom stereocenters. The number of carbonyl (C=O) groups excluding carboxylic acids is 1. The largest absolute Gasteiger partial charge is 0.468 e. The van der Waals surface area contributed by atoms with E-state index >= 15 is 0 Å². The van der Waals surface area contributed by atoms with Gasteiger partial charge >= 0.3 is 6.18 Å². The van der Waals surface area contributed by atoms with Gasteiger partial charge in [0.1, 0.15) is 5.76 Å². The maximum Gasteiger partial charge on any atom is 0.422 e. The lowest BCUT2D eigenvalue weighted by Crippen LogP contribution is -2.24. The highest BCUT2D eigenvalue weighted by molar-refractivity contribution is 6.05. The summed E-state index contributed by atoms with van der Waals surface area (Å²) in [4.78, 5) is 29.6. The molecule has 0 aliphatic rings. The summed E-state index contributed by atoms with van der Waals surface area (Å²) in [6.45, 7) is 0.206. The lowest BCUT2D eigenvalue weighted by molar-refractivity contribution is -0.154. The van der Waals surface area contributed by atoms with Gasteiger partial charge in [-0.3, -0.25) is 9.59 Å². The molecule has 0 aliphatic carbocycles. The number of fused-ring (bicyclic) bond motifs is 1. The molecule has 174 valence electrons. The third kappa shape index (κ3) is 5.09. The number of ether oxygens (including phenoxy) is 1. The Morgan fingerprint density at radius 2 is 1.85 bits per heavy atom. The minimum atomic E-state index is -4.48. The molecular formula is C25H19F3N2O4. The monoisotopic (exact) mass is 468 g/mol. The van der Waals surface area contributed by atoms with E-state index in [1.807, 2.05) is 30.3 Å². The lowest BCUT2D eigenvalue weighted by Gasteiger charge is -2.12. The summed E-state index contributed by atoms with van der Waals surface area (Å²) in [5.41, 5.74) is 1.70. The molecule has 0 fully saturated rings. The summed E-state index contributed by atoms with van der Waals surface area (Å²) in [5.74, 6) is -0.340. The van der Waals surface area contributed by atoms with Gasteiger partial charge in [-0.05, 0) is 30.7 Å². The highest BCUT2D eigenvalue weighted by atomic mass is 19.4. The quantitative estimate of drug-likeness (QED) is 0.429. The number of hydrogen-bond donors (Lipinski definition) is 1. The van der Waals surface area contributed by atoms with Crippen LogP contribution in [-0.4, -0.2) is 23.7 Å². The van der Waals surface area contributed by atoms with Gasteiger partial charge in [0.2, 0.25) is 5.88 Å². The highest BCUT2D eigenvalue weighted by Gasteiger charge is 2.28. The summed E-state index contributed by atoms with van der Waals surface area (Å²) in [6.07, 6.45) is -3.19. The SMILES string of the molecule is Cc1c(-c2ccccc2)oc2c(C(=O)NCc3ccnc(OCC(F)(F)F)c3)cccc2c1=O. The average Bonchev–Trinajstić information content (AvgIpc) is 2.83. The van der Waals surface area contributed by atoms with E-state index in [9.17, 15) is 22.8 Å². The van der Waals surface area contributed by atoms with E-state index in [4.69, 9.17) is 4.42 Å². The predicted molar refractivity (Wildman–Crippen MR) is 120 cm³/mol. The second kappa shape index (κ2) is 9.38. The molecule has 2 aromatic heterocycles. The Morgan fingerprint density at radius 1 is 1.09 bits per heavy atom. The van der Waals surface area contributed by atoms with Crippen LogP contribution in [0.15, 0.2) is 76.1 Å². The number of nitrogens with one attached hydrogen (secondary N) is 1. The molecule has 2 heterocycles. The highest BCUT2D eigenvalue weighted by Crippen LogP contribution is 2.27. The standard InChI is InChI=1S/C25H19F3N2O4/c1-15-21(31)18-8-5-9-19(23(18)34-22(15)17-6-3-2-4-7-17)24(32)30-13-16-10-11-29-20(12-16)33-14-25(26,27)28/h2-12H,13-14H2,1H3,(H,30,32). The first-order valence-electron chi connectivity index (χ1n) is 10.3. The Labute approximate surface area is 192 Å². The normalized spacial score (nSPS) is 11.4. The number of pyridine rings is 1. The molecule has 2 aromatic carbocycles. The second-order valence-electron chi connectivity index (χ2n) is 7.52. The average molecular weight is 468 g/mol. The topological polar surface area (TPSA) is 81.4 Å². The van der Waals surface area contributed by atoms with E-state index in [2.05, 4.69) is 15.0 Å². The van der Waals surface area contributed by atoms with Gasteiger partial charge in [-0.25, -0.2) is 4.98 Å². The van der Waals surface area contributed by atoms with Crippen molar-refractivity contribution in [2.24, 2.45) is 0 Å². The molecule has 0 saturated carbocycles. The molecule has 9 heteroatoms. The number of aromatic nitrogens is 1. The zero-order valence-electron chi connectivity index (χ0n) is 18.0. The zero-order valence-corrected chi connectivity index (χ0v) is 18.0. The first-order chi connectivity index (χ1) is 16.2. The Bertz CT molecular complexity index is 1400. The van der Waals surface area contributed by atoms with Crippen LogP contribution in [0.25, 0.3) is 22.3 Å². The molecule has 4 rings (SSSR count). The van der Waals surface area contributed by atoms with E-state index in [-0.39, 0.29) is 34.4 Å². The molecule has 1 N–H and O–H groups in total. The number of halogens is 3. The van der Waals surface area contributed by atoms with Gasteiger partial charge in [0, 0.05) is 29.9 Å². The number of amides is 1. The van der Waals surface area contributed by atoms with Crippen molar-refractivity contribution in [3.63, 3.8) is 0 Å². The number of benzene rings is 2. The van der Waals surface area contributed by atoms with Crippen molar-refractivity contribution in [1.29, 1.82) is 0 Å². The van der Waals surface area contributed by atoms with Crippen LogP contribution in [0.5, 0.6) is 5.88 Å². The molecule has 0 spiro atoms. The van der Waals surface area contributed by atoms with Gasteiger partial charge in [-0.15, -0.1) is 0 Å². The van der Waals surface area contributed by atoms with Crippen molar-refractivity contribution in [2.75, 3.05) is 6.61 Å². The summed E-state index contributed by atoms with van der Waals surface area (Å²) in [5, 5.41) is 2.97. The number of rotatable bonds is 6. The van der Waals surface area contributed by atoms with E-state index in [0.29, 0.717) is 22.5 Å². The van der Waals surface area contributed by atoms with Crippen molar-refractivity contribution in [2.45, 2.75) is 19.6 Å². The number of alkyl halides is 3. The maximum atomic E-state index is 13.0. The van der Waals surface area contributed by atoms with Crippen molar-refractivity contribution >= 4 is 16.9 Å². The lowest BCUT2D eigenvalue weighted by atomic mass is 10.0. The minimum Gasteiger partial charge on any atom is -0.468 e. The summed E-state index contributed by atoms with van der Waals surface area (Å²) >= 11 is 0. The van der Waals surface area contributed by atoms with Crippen LogP contribution in [0.3, 0.4) is 0 Å². The van der Waals surface area contributed by atoms with Gasteiger partial charge in [-0.2, -0.15) is 13.2 Å². The predicted octanol–water partition coefficient (Wildman–Crippen LogP) is 5.03. The fraction of sp³-hybridized carbons (Fsp3) is 0.160. The molecule has 34 heavy (non-hydrogen) atoms. The number of para-hydroxylation sites is 1. The summed E-state index contributed by atoms with van der Waals surface area (Å²) in [7, 11) is 0. The van der Waals surface area contributed by atoms with E-state index in [1.165, 1.54) is 18.3 Å². The fourth-order valence-electron chi connectivity index (χ4n) is 3.43. The second-order valence-corrected chi connectivity index (χ2v) is 7.52. The van der Waals surface area contributed by atoms with Gasteiger partial charge in [-0.1, -0.05) is 36.4 Å². The van der Waals surface area contributed by atoms with Gasteiger partial charge in [0.15, 0.2) is 17.6 Å². The fourth-order valence-corrected chi connectivity index (χ4v) is 3.43. The zero-order chi connectivity index (χ0) is 24.3. The minimum absolute atomic E-state index is 0.00174. The Morgan fingerprint density at radius 3 is 2.59 bits per heavy atom. The number of carbonyl (C=O) groups is 1. The van der Waals surface area contributed by atoms with Crippen molar-refractivity contribution < 1.29 is 27.1 Å². The van der Waals surface area contributed by atoms with Crippen LogP contribution < -0.4 is 15.5 Å². The van der Waals surface area contributed by atoms with Gasteiger partial charge in [0.25, 0.3) is 5.91 Å². The molecule has 0 atom stereocenters. The molecule has 0 bridgehead atoms. The molecule has 4 aromatic rings. The van der Waals surface area contributed by atoms with Crippen LogP contribution in [0.1, 0.15) is 21.5 Å². The number of hydrogen-bond acceptors (Lipinski definition) is 5. The van der Waals surface area contributed by atoms with Crippen molar-refractivity contribution in [3.05, 3.63) is 93.8 Å². The van der Waals surface area contributed by atoms with E-state index in [0.717, 1.165) is 0 Å². The Kier molecular flexibility index (Phi) is 6.36. The molecule has 0 saturated heterocycles. The third-order valence-electron chi connectivity index (χ3n) is 5.06. The van der Waals surface area contributed by atoms with E-state index in [1.54, 1.807) is 25.1 Å². The van der Waals surface area contributed by atoms with Gasteiger partial charge in [0.05, 0.1) is 10.9 Å². The molecular weight excluding hydrogens is 449 g/mol. The first-order valence-corrected chi connectivity index (χ1v) is 10.3. The molecule has 6 nitrogen and oxygen atoms in total.